The van der Waals surface area contributed by atoms with Gasteiger partial charge in [-0.05, 0) is 56.3 Å². The molecule has 6 heteroatoms. The molecule has 0 aromatic heterocycles. The largest absolute Gasteiger partial charge is 0.462 e. The summed E-state index contributed by atoms with van der Waals surface area (Å²) in [5.74, 6) is -0.435. The zero-order chi connectivity index (χ0) is 21.2. The number of fused-ring (bicyclic) bond motifs is 5. The van der Waals surface area contributed by atoms with E-state index in [2.05, 4.69) is 6.92 Å². The molecule has 4 saturated carbocycles. The molecule has 162 valence electrons. The predicted molar refractivity (Wildman–Crippen MR) is 104 cm³/mol. The number of hydrogen-bond donors (Lipinski definition) is 0. The minimum Gasteiger partial charge on any atom is -0.462 e. The maximum atomic E-state index is 16.3. The molecule has 0 aliphatic heterocycles. The van der Waals surface area contributed by atoms with Gasteiger partial charge in [-0.25, -0.2) is 4.39 Å². The number of alkyl halides is 1. The van der Waals surface area contributed by atoms with Crippen molar-refractivity contribution in [1.82, 2.24) is 0 Å². The fourth-order valence-electron chi connectivity index (χ4n) is 7.64. The monoisotopic (exact) mass is 408 g/mol. The SMILES string of the molecule is CC(=O)OC1CC[C@H]2[C@@H]3CC(=O)[C@@]4(F)C[C@H](OC(C)=O)CC[C@]4(C)[C@H]3CC[C@]12C. The van der Waals surface area contributed by atoms with Gasteiger partial charge in [0.15, 0.2) is 11.5 Å². The van der Waals surface area contributed by atoms with E-state index in [9.17, 15) is 14.4 Å². The Morgan fingerprint density at radius 3 is 2.31 bits per heavy atom. The molecule has 0 spiro atoms. The summed E-state index contributed by atoms with van der Waals surface area (Å²) in [5.41, 5.74) is -2.77. The van der Waals surface area contributed by atoms with Gasteiger partial charge in [0.1, 0.15) is 12.2 Å². The summed E-state index contributed by atoms with van der Waals surface area (Å²) in [5, 5.41) is 0. The number of halogens is 1. The molecule has 0 saturated heterocycles. The second-order valence-electron chi connectivity index (χ2n) is 10.4. The van der Waals surface area contributed by atoms with Crippen LogP contribution < -0.4 is 0 Å². The summed E-state index contributed by atoms with van der Waals surface area (Å²) in [4.78, 5) is 36.1. The molecule has 4 aliphatic carbocycles. The summed E-state index contributed by atoms with van der Waals surface area (Å²) >= 11 is 0. The number of ether oxygens (including phenoxy) is 2. The summed E-state index contributed by atoms with van der Waals surface area (Å²) in [6.07, 6.45) is 4.28. The highest BCUT2D eigenvalue weighted by molar-refractivity contribution is 5.90. The van der Waals surface area contributed by atoms with Crippen LogP contribution in [0.15, 0.2) is 0 Å². The fraction of sp³-hybridized carbons (Fsp3) is 0.870. The van der Waals surface area contributed by atoms with Crippen molar-refractivity contribution in [2.24, 2.45) is 28.6 Å². The van der Waals surface area contributed by atoms with Crippen LogP contribution in [0, 0.1) is 28.6 Å². The maximum absolute atomic E-state index is 16.3. The Kier molecular flexibility index (Phi) is 4.86. The minimum absolute atomic E-state index is 0.0108. The minimum atomic E-state index is -1.92. The van der Waals surface area contributed by atoms with Crippen LogP contribution in [-0.2, 0) is 23.9 Å². The number of carbonyl (C=O) groups is 3. The van der Waals surface area contributed by atoms with E-state index in [4.69, 9.17) is 9.47 Å². The highest BCUT2D eigenvalue weighted by atomic mass is 19.1. The first-order valence-electron chi connectivity index (χ1n) is 11.1. The topological polar surface area (TPSA) is 69.7 Å². The summed E-state index contributed by atoms with van der Waals surface area (Å²) in [6.45, 7) is 6.93. The van der Waals surface area contributed by atoms with Gasteiger partial charge >= 0.3 is 11.9 Å². The van der Waals surface area contributed by atoms with Crippen LogP contribution in [-0.4, -0.2) is 35.6 Å². The molecule has 4 rings (SSSR count). The van der Waals surface area contributed by atoms with Gasteiger partial charge in [0, 0.05) is 37.5 Å². The number of ketones is 1. The Morgan fingerprint density at radius 1 is 0.966 bits per heavy atom. The molecule has 29 heavy (non-hydrogen) atoms. The van der Waals surface area contributed by atoms with Crippen molar-refractivity contribution in [1.29, 1.82) is 0 Å². The highest BCUT2D eigenvalue weighted by Crippen LogP contribution is 2.67. The average molecular weight is 409 g/mol. The molecule has 8 atom stereocenters. The summed E-state index contributed by atoms with van der Waals surface area (Å²) in [6, 6.07) is 0. The maximum Gasteiger partial charge on any atom is 0.302 e. The van der Waals surface area contributed by atoms with E-state index >= 15 is 4.39 Å². The first-order chi connectivity index (χ1) is 13.5. The number of Topliss-reactive ketones (excluding diaryl/α,β-unsaturated/α-hetero) is 1. The lowest BCUT2D eigenvalue weighted by Crippen LogP contribution is -2.65. The summed E-state index contributed by atoms with van der Waals surface area (Å²) in [7, 11) is 0. The van der Waals surface area contributed by atoms with Gasteiger partial charge in [-0.1, -0.05) is 13.8 Å². The Labute approximate surface area is 172 Å². The number of hydrogen-bond acceptors (Lipinski definition) is 5. The molecule has 0 aromatic carbocycles. The lowest BCUT2D eigenvalue weighted by molar-refractivity contribution is -0.199. The first kappa shape index (κ1) is 20.8. The van der Waals surface area contributed by atoms with Crippen LogP contribution in [0.2, 0.25) is 0 Å². The van der Waals surface area contributed by atoms with Crippen LogP contribution in [0.1, 0.15) is 79.1 Å². The third kappa shape index (κ3) is 2.96. The fourth-order valence-corrected chi connectivity index (χ4v) is 7.64. The molecule has 0 heterocycles. The molecule has 5 nitrogen and oxygen atoms in total. The standard InChI is InChI=1S/C23H33FO5/c1-13(25)28-15-7-10-22(4)18-8-9-21(3)17(5-6-20(21)29-14(2)26)16(18)11-19(27)23(22,24)12-15/h15-18,20H,5-12H2,1-4H3/t15-,16+,17+,18+,20?,21+,22-,23+/m1/s1. The molecule has 1 unspecified atom stereocenters. The highest BCUT2D eigenvalue weighted by Gasteiger charge is 2.69. The van der Waals surface area contributed by atoms with E-state index in [0.717, 1.165) is 25.7 Å². The van der Waals surface area contributed by atoms with Crippen molar-refractivity contribution >= 4 is 17.7 Å². The molecular weight excluding hydrogens is 375 g/mol. The van der Waals surface area contributed by atoms with Gasteiger partial charge in [-0.2, -0.15) is 0 Å². The van der Waals surface area contributed by atoms with Gasteiger partial charge in [0.2, 0.25) is 0 Å². The van der Waals surface area contributed by atoms with E-state index in [1.165, 1.54) is 13.8 Å². The van der Waals surface area contributed by atoms with E-state index < -0.39 is 23.2 Å². The van der Waals surface area contributed by atoms with Gasteiger partial charge in [-0.15, -0.1) is 0 Å². The van der Waals surface area contributed by atoms with Crippen LogP contribution in [0.4, 0.5) is 4.39 Å². The molecule has 0 N–H and O–H groups in total. The summed E-state index contributed by atoms with van der Waals surface area (Å²) < 4.78 is 27.3. The molecule has 0 bridgehead atoms. The number of carbonyl (C=O) groups excluding carboxylic acids is 3. The number of rotatable bonds is 2. The Hall–Kier alpha value is -1.46. The zero-order valence-corrected chi connectivity index (χ0v) is 18.0. The van der Waals surface area contributed by atoms with Crippen LogP contribution >= 0.6 is 0 Å². The second-order valence-corrected chi connectivity index (χ2v) is 10.4. The van der Waals surface area contributed by atoms with Crippen LogP contribution in [0.25, 0.3) is 0 Å². The average Bonchev–Trinajstić information content (AvgIpc) is 2.93. The Morgan fingerprint density at radius 2 is 1.66 bits per heavy atom. The van der Waals surface area contributed by atoms with Crippen molar-refractivity contribution in [3.8, 4) is 0 Å². The predicted octanol–water partition coefficient (Wildman–Crippen LogP) is 4.16. The third-order valence-corrected chi connectivity index (χ3v) is 9.07. The molecule has 0 amide bonds. The van der Waals surface area contributed by atoms with Crippen molar-refractivity contribution in [2.75, 3.05) is 0 Å². The van der Waals surface area contributed by atoms with E-state index in [0.29, 0.717) is 12.8 Å². The van der Waals surface area contributed by atoms with Gasteiger partial charge in [-0.3, -0.25) is 14.4 Å². The lowest BCUT2D eigenvalue weighted by Gasteiger charge is -2.61. The molecule has 4 fully saturated rings. The smallest absolute Gasteiger partial charge is 0.302 e. The van der Waals surface area contributed by atoms with E-state index in [1.807, 2.05) is 6.92 Å². The van der Waals surface area contributed by atoms with Crippen LogP contribution in [0.3, 0.4) is 0 Å². The van der Waals surface area contributed by atoms with Crippen molar-refractivity contribution in [3.63, 3.8) is 0 Å². The van der Waals surface area contributed by atoms with Crippen molar-refractivity contribution in [3.05, 3.63) is 0 Å². The quantitative estimate of drug-likeness (QED) is 0.642. The van der Waals surface area contributed by atoms with Gasteiger partial charge in [0.05, 0.1) is 0 Å². The molecule has 0 aromatic rings. The lowest BCUT2D eigenvalue weighted by atomic mass is 9.43. The molecular formula is C23H33FO5. The number of esters is 2. The van der Waals surface area contributed by atoms with Crippen molar-refractivity contribution < 1.29 is 28.2 Å². The third-order valence-electron chi connectivity index (χ3n) is 9.07. The molecule has 0 radical (unpaired) electrons. The van der Waals surface area contributed by atoms with Crippen LogP contribution in [0.5, 0.6) is 0 Å². The Balaban J connectivity index is 1.61. The van der Waals surface area contributed by atoms with Crippen molar-refractivity contribution in [2.45, 2.75) is 96.9 Å². The first-order valence-corrected chi connectivity index (χ1v) is 11.1. The van der Waals surface area contributed by atoms with Gasteiger partial charge in [0.25, 0.3) is 0 Å². The normalized spacial score (nSPS) is 48.9. The zero-order valence-electron chi connectivity index (χ0n) is 18.0. The van der Waals surface area contributed by atoms with E-state index in [-0.39, 0.29) is 53.9 Å². The Bertz CT molecular complexity index is 737. The van der Waals surface area contributed by atoms with E-state index in [1.54, 1.807) is 0 Å². The van der Waals surface area contributed by atoms with Gasteiger partial charge < -0.3 is 9.47 Å². The second kappa shape index (κ2) is 6.78. The molecule has 4 aliphatic rings.